The quantitative estimate of drug-likeness (QED) is 0.546. The lowest BCUT2D eigenvalue weighted by Gasteiger charge is -2.09. The molecule has 31 heavy (non-hydrogen) atoms. The normalized spacial score (nSPS) is 11.1. The Morgan fingerprint density at radius 3 is 2.55 bits per heavy atom. The number of carbonyl (C=O) groups excluding carboxylic acids is 1. The van der Waals surface area contributed by atoms with E-state index in [1.807, 2.05) is 47.2 Å². The lowest BCUT2D eigenvalue weighted by atomic mass is 10.1. The van der Waals surface area contributed by atoms with E-state index < -0.39 is 15.9 Å². The van der Waals surface area contributed by atoms with Gasteiger partial charge in [-0.15, -0.1) is 0 Å². The smallest absolute Gasteiger partial charge is 0.251 e. The number of pyridine rings is 2. The van der Waals surface area contributed by atoms with Crippen LogP contribution in [0, 0.1) is 0 Å². The minimum atomic E-state index is -3.56. The number of hydrogen-bond donors (Lipinski definition) is 1. The second kappa shape index (κ2) is 10.0. The van der Waals surface area contributed by atoms with Crippen LogP contribution in [-0.2, 0) is 28.0 Å². The summed E-state index contributed by atoms with van der Waals surface area (Å²) in [4.78, 5) is 28.0. The first-order valence-electron chi connectivity index (χ1n) is 9.63. The van der Waals surface area contributed by atoms with E-state index in [9.17, 15) is 18.0 Å². The Morgan fingerprint density at radius 2 is 1.90 bits per heavy atom. The van der Waals surface area contributed by atoms with Crippen LogP contribution < -0.4 is 15.0 Å². The summed E-state index contributed by atoms with van der Waals surface area (Å²) in [7, 11) is -3.56. The molecule has 0 aliphatic rings. The average Bonchev–Trinajstić information content (AvgIpc) is 2.73. The van der Waals surface area contributed by atoms with Crippen LogP contribution in [0.15, 0.2) is 71.9 Å². The van der Waals surface area contributed by atoms with E-state index in [0.717, 1.165) is 22.9 Å². The highest BCUT2D eigenvalue weighted by atomic mass is 32.2. The third-order valence-corrected chi connectivity index (χ3v) is 5.01. The maximum atomic E-state index is 12.4. The van der Waals surface area contributed by atoms with Gasteiger partial charge in [0.1, 0.15) is 12.4 Å². The van der Waals surface area contributed by atoms with E-state index in [1.54, 1.807) is 18.6 Å². The van der Waals surface area contributed by atoms with Crippen LogP contribution in [0.25, 0.3) is 11.1 Å². The first-order chi connectivity index (χ1) is 14.8. The fourth-order valence-electron chi connectivity index (χ4n) is 2.93. The van der Waals surface area contributed by atoms with Crippen molar-refractivity contribution in [2.45, 2.75) is 26.0 Å². The Kier molecular flexibility index (Phi) is 7.19. The van der Waals surface area contributed by atoms with Crippen LogP contribution >= 0.6 is 0 Å². The standard InChI is InChI=1S/C22H23N3O5S/c1-31(28,29)24-21(26)5-3-12-25-13-10-19(14-22(25)27)18-6-8-20(9-7-18)30-16-17-4-2-11-23-15-17/h2,4,6-11,13-15H,3,5,12,16H2,1H3,(H,24,26). The molecular weight excluding hydrogens is 418 g/mol. The lowest BCUT2D eigenvalue weighted by molar-refractivity contribution is -0.119. The van der Waals surface area contributed by atoms with Crippen LogP contribution in [0.1, 0.15) is 18.4 Å². The highest BCUT2D eigenvalue weighted by molar-refractivity contribution is 7.89. The highest BCUT2D eigenvalue weighted by Gasteiger charge is 2.08. The van der Waals surface area contributed by atoms with E-state index in [2.05, 4.69) is 4.98 Å². The Balaban J connectivity index is 1.56. The van der Waals surface area contributed by atoms with Crippen molar-refractivity contribution in [2.75, 3.05) is 6.26 Å². The molecule has 2 aromatic heterocycles. The van der Waals surface area contributed by atoms with Crippen molar-refractivity contribution < 1.29 is 17.9 Å². The molecule has 0 radical (unpaired) electrons. The summed E-state index contributed by atoms with van der Waals surface area (Å²) < 4.78 is 31.2. The summed E-state index contributed by atoms with van der Waals surface area (Å²) >= 11 is 0. The van der Waals surface area contributed by atoms with Crippen LogP contribution in [0.3, 0.4) is 0 Å². The summed E-state index contributed by atoms with van der Waals surface area (Å²) in [5, 5.41) is 0. The summed E-state index contributed by atoms with van der Waals surface area (Å²) in [5.41, 5.74) is 2.43. The first kappa shape index (κ1) is 22.2. The number of rotatable bonds is 9. The molecule has 0 spiro atoms. The Hall–Kier alpha value is -3.46. The van der Waals surface area contributed by atoms with Gasteiger partial charge in [0.05, 0.1) is 6.26 Å². The van der Waals surface area contributed by atoms with E-state index >= 15 is 0 Å². The molecule has 162 valence electrons. The Bertz CT molecular complexity index is 1190. The molecule has 0 aliphatic heterocycles. The minimum absolute atomic E-state index is 0.0156. The molecule has 0 unspecified atom stereocenters. The maximum absolute atomic E-state index is 12.4. The second-order valence-electron chi connectivity index (χ2n) is 7.02. The largest absolute Gasteiger partial charge is 0.489 e. The van der Waals surface area contributed by atoms with Crippen molar-refractivity contribution in [3.05, 3.63) is 83.0 Å². The molecule has 1 aromatic carbocycles. The van der Waals surface area contributed by atoms with Crippen molar-refractivity contribution in [1.29, 1.82) is 0 Å². The molecule has 0 saturated carbocycles. The van der Waals surface area contributed by atoms with Crippen molar-refractivity contribution in [3.63, 3.8) is 0 Å². The number of sulfonamides is 1. The third-order valence-electron chi connectivity index (χ3n) is 4.41. The van der Waals surface area contributed by atoms with Gasteiger partial charge in [0.25, 0.3) is 5.56 Å². The molecule has 0 saturated heterocycles. The van der Waals surface area contributed by atoms with Gasteiger partial charge < -0.3 is 9.30 Å². The third kappa shape index (κ3) is 7.07. The van der Waals surface area contributed by atoms with E-state index in [1.165, 1.54) is 10.6 Å². The van der Waals surface area contributed by atoms with Gasteiger partial charge in [0.2, 0.25) is 15.9 Å². The average molecular weight is 442 g/mol. The van der Waals surface area contributed by atoms with Crippen LogP contribution in [0.2, 0.25) is 0 Å². The predicted molar refractivity (Wildman–Crippen MR) is 117 cm³/mol. The molecule has 3 rings (SSSR count). The molecular formula is C22H23N3O5S. The first-order valence-corrected chi connectivity index (χ1v) is 11.5. The summed E-state index contributed by atoms with van der Waals surface area (Å²) in [5.74, 6) is 0.131. The molecule has 0 bridgehead atoms. The van der Waals surface area contributed by atoms with Gasteiger partial charge in [-0.05, 0) is 41.8 Å². The van der Waals surface area contributed by atoms with E-state index in [-0.39, 0.29) is 12.0 Å². The van der Waals surface area contributed by atoms with Crippen molar-refractivity contribution >= 4 is 15.9 Å². The molecule has 1 N–H and O–H groups in total. The van der Waals surface area contributed by atoms with Gasteiger partial charge in [0, 0.05) is 43.2 Å². The highest BCUT2D eigenvalue weighted by Crippen LogP contribution is 2.22. The topological polar surface area (TPSA) is 107 Å². The van der Waals surface area contributed by atoms with Gasteiger partial charge in [-0.25, -0.2) is 8.42 Å². The number of nitrogens with one attached hydrogen (secondary N) is 1. The fourth-order valence-corrected chi connectivity index (χ4v) is 3.45. The van der Waals surface area contributed by atoms with Crippen LogP contribution in [-0.4, -0.2) is 30.1 Å². The van der Waals surface area contributed by atoms with Gasteiger partial charge in [-0.1, -0.05) is 18.2 Å². The van der Waals surface area contributed by atoms with Crippen molar-refractivity contribution in [2.24, 2.45) is 0 Å². The van der Waals surface area contributed by atoms with Gasteiger partial charge in [0.15, 0.2) is 0 Å². The second-order valence-corrected chi connectivity index (χ2v) is 8.77. The van der Waals surface area contributed by atoms with E-state index in [0.29, 0.717) is 25.3 Å². The van der Waals surface area contributed by atoms with Crippen LogP contribution in [0.4, 0.5) is 0 Å². The molecule has 0 fully saturated rings. The SMILES string of the molecule is CS(=O)(=O)NC(=O)CCCn1ccc(-c2ccc(OCc3cccnc3)cc2)cc1=O. The number of benzene rings is 1. The number of aryl methyl sites for hydroxylation is 1. The zero-order valence-corrected chi connectivity index (χ0v) is 17.8. The van der Waals surface area contributed by atoms with E-state index in [4.69, 9.17) is 4.74 Å². The molecule has 9 heteroatoms. The summed E-state index contributed by atoms with van der Waals surface area (Å²) in [6, 6.07) is 14.6. The predicted octanol–water partition coefficient (Wildman–Crippen LogP) is 2.35. The number of nitrogens with zero attached hydrogens (tertiary/aromatic N) is 2. The van der Waals surface area contributed by atoms with Crippen molar-refractivity contribution in [3.8, 4) is 16.9 Å². The molecule has 1 amide bonds. The van der Waals surface area contributed by atoms with Gasteiger partial charge in [-0.3, -0.25) is 19.3 Å². The van der Waals surface area contributed by atoms with Gasteiger partial charge in [-0.2, -0.15) is 0 Å². The Morgan fingerprint density at radius 1 is 1.13 bits per heavy atom. The molecule has 0 atom stereocenters. The number of ether oxygens (including phenoxy) is 1. The number of aromatic nitrogens is 2. The summed E-state index contributed by atoms with van der Waals surface area (Å²) in [6.07, 6.45) is 6.42. The molecule has 2 heterocycles. The lowest BCUT2D eigenvalue weighted by Crippen LogP contribution is -2.29. The molecule has 3 aromatic rings. The molecule has 8 nitrogen and oxygen atoms in total. The Labute approximate surface area is 180 Å². The monoisotopic (exact) mass is 441 g/mol. The maximum Gasteiger partial charge on any atom is 0.251 e. The number of carbonyl (C=O) groups is 1. The minimum Gasteiger partial charge on any atom is -0.489 e. The van der Waals surface area contributed by atoms with Crippen molar-refractivity contribution in [1.82, 2.24) is 14.3 Å². The van der Waals surface area contributed by atoms with Crippen LogP contribution in [0.5, 0.6) is 5.75 Å². The zero-order valence-electron chi connectivity index (χ0n) is 17.0. The summed E-state index contributed by atoms with van der Waals surface area (Å²) in [6.45, 7) is 0.739. The molecule has 0 aliphatic carbocycles. The number of amides is 1. The van der Waals surface area contributed by atoms with Gasteiger partial charge >= 0.3 is 0 Å². The fraction of sp³-hybridized carbons (Fsp3) is 0.227. The zero-order chi connectivity index (χ0) is 22.3. The number of hydrogen-bond acceptors (Lipinski definition) is 6.